The lowest BCUT2D eigenvalue weighted by molar-refractivity contribution is -0.645. The molecular weight excluding hydrogens is 330 g/mol. The fourth-order valence-corrected chi connectivity index (χ4v) is 3.54. The third-order valence-electron chi connectivity index (χ3n) is 3.05. The van der Waals surface area contributed by atoms with Gasteiger partial charge in [0, 0.05) is 29.0 Å². The quantitative estimate of drug-likeness (QED) is 0.418. The van der Waals surface area contributed by atoms with E-state index in [0.717, 1.165) is 27.0 Å². The van der Waals surface area contributed by atoms with Gasteiger partial charge in [-0.1, -0.05) is 0 Å². The van der Waals surface area contributed by atoms with Crippen LogP contribution in [0.5, 0.6) is 5.75 Å². The number of hydrogen-bond donors (Lipinski definition) is 1. The van der Waals surface area contributed by atoms with E-state index in [1.54, 1.807) is 30.6 Å². The van der Waals surface area contributed by atoms with Crippen molar-refractivity contribution in [2.24, 2.45) is 0 Å². The fraction of sp³-hybridized carbons (Fsp3) is 0.125. The van der Waals surface area contributed by atoms with E-state index in [-0.39, 0.29) is 0 Å². The molecule has 0 spiro atoms. The molecule has 0 aliphatic heterocycles. The van der Waals surface area contributed by atoms with Crippen LogP contribution in [0.15, 0.2) is 59.1 Å². The molecule has 0 atom stereocenters. The van der Waals surface area contributed by atoms with Crippen molar-refractivity contribution in [1.82, 2.24) is 4.98 Å². The Bertz CT molecular complexity index is 775. The number of thioether (sulfide) groups is 1. The molecular formula is C16H15N3O2S2. The van der Waals surface area contributed by atoms with Crippen LogP contribution in [-0.4, -0.2) is 12.1 Å². The first-order valence-corrected chi connectivity index (χ1v) is 8.77. The molecule has 0 saturated heterocycles. The highest BCUT2D eigenvalue weighted by Crippen LogP contribution is 2.26. The number of ether oxygens (including phenoxy) is 1. The summed E-state index contributed by atoms with van der Waals surface area (Å²) in [5.41, 5.74) is 1.90. The third-order valence-corrected chi connectivity index (χ3v) is 4.91. The second-order valence-electron chi connectivity index (χ2n) is 4.65. The van der Waals surface area contributed by atoms with E-state index in [2.05, 4.69) is 10.3 Å². The number of benzene rings is 1. The molecule has 0 fully saturated rings. The first-order valence-electron chi connectivity index (χ1n) is 6.91. The van der Waals surface area contributed by atoms with Crippen molar-refractivity contribution < 1.29 is 9.47 Å². The molecule has 23 heavy (non-hydrogen) atoms. The summed E-state index contributed by atoms with van der Waals surface area (Å²) in [4.78, 5) is 4.54. The van der Waals surface area contributed by atoms with Crippen LogP contribution in [0, 0.1) is 5.21 Å². The fourth-order valence-electron chi connectivity index (χ4n) is 1.90. The maximum atomic E-state index is 11.6. The maximum Gasteiger partial charge on any atom is 0.251 e. The van der Waals surface area contributed by atoms with E-state index in [4.69, 9.17) is 4.74 Å². The first kappa shape index (κ1) is 15.6. The van der Waals surface area contributed by atoms with Gasteiger partial charge in [-0.2, -0.15) is 4.73 Å². The van der Waals surface area contributed by atoms with Crippen molar-refractivity contribution in [1.29, 1.82) is 0 Å². The number of hydrogen-bond acceptors (Lipinski definition) is 6. The van der Waals surface area contributed by atoms with E-state index >= 15 is 0 Å². The van der Waals surface area contributed by atoms with Crippen LogP contribution in [-0.2, 0) is 5.75 Å². The summed E-state index contributed by atoms with van der Waals surface area (Å²) < 4.78 is 6.00. The average Bonchev–Trinajstić information content (AvgIpc) is 3.02. The van der Waals surface area contributed by atoms with Crippen molar-refractivity contribution in [3.8, 4) is 5.75 Å². The lowest BCUT2D eigenvalue weighted by Crippen LogP contribution is -2.27. The Morgan fingerprint density at radius 3 is 2.83 bits per heavy atom. The van der Waals surface area contributed by atoms with Crippen LogP contribution in [0.3, 0.4) is 0 Å². The van der Waals surface area contributed by atoms with Crippen LogP contribution in [0.2, 0.25) is 0 Å². The summed E-state index contributed by atoms with van der Waals surface area (Å²) >= 11 is 3.02. The topological polar surface area (TPSA) is 61.1 Å². The monoisotopic (exact) mass is 345 g/mol. The van der Waals surface area contributed by atoms with Gasteiger partial charge in [-0.15, -0.1) is 11.3 Å². The number of anilines is 2. The normalized spacial score (nSPS) is 10.5. The summed E-state index contributed by atoms with van der Waals surface area (Å²) in [6.45, 7) is 0. The molecule has 0 aliphatic carbocycles. The van der Waals surface area contributed by atoms with Crippen LogP contribution in [0.25, 0.3) is 0 Å². The zero-order chi connectivity index (χ0) is 16.1. The Morgan fingerprint density at radius 1 is 1.26 bits per heavy atom. The van der Waals surface area contributed by atoms with E-state index in [9.17, 15) is 5.21 Å². The standard InChI is InChI=1S/C16H15N3O2S2/c1-21-14-7-5-12(6-8-14)17-16-18-13(11-23-16)10-22-15-4-2-3-9-19(15)20/h2-9,11H,10H2,1H3,(H,17,18). The van der Waals surface area contributed by atoms with Gasteiger partial charge in [0.2, 0.25) is 0 Å². The van der Waals surface area contributed by atoms with Gasteiger partial charge < -0.3 is 15.3 Å². The zero-order valence-corrected chi connectivity index (χ0v) is 14.1. The highest BCUT2D eigenvalue weighted by atomic mass is 32.2. The minimum absolute atomic E-state index is 0.660. The van der Waals surface area contributed by atoms with Crippen molar-refractivity contribution in [2.45, 2.75) is 10.8 Å². The van der Waals surface area contributed by atoms with Gasteiger partial charge in [-0.25, -0.2) is 4.98 Å². The second kappa shape index (κ2) is 7.34. The number of thiazole rings is 1. The summed E-state index contributed by atoms with van der Waals surface area (Å²) in [7, 11) is 1.64. The zero-order valence-electron chi connectivity index (χ0n) is 12.4. The van der Waals surface area contributed by atoms with E-state index in [0.29, 0.717) is 10.8 Å². The molecule has 1 aromatic carbocycles. The highest BCUT2D eigenvalue weighted by molar-refractivity contribution is 7.98. The minimum Gasteiger partial charge on any atom is -0.618 e. The van der Waals surface area contributed by atoms with E-state index in [1.165, 1.54) is 18.0 Å². The molecule has 0 aliphatic rings. The van der Waals surface area contributed by atoms with Crippen LogP contribution in [0.4, 0.5) is 10.8 Å². The molecule has 0 unspecified atom stereocenters. The number of pyridine rings is 1. The number of nitrogens with zero attached hydrogens (tertiary/aromatic N) is 2. The molecule has 0 amide bonds. The SMILES string of the molecule is COc1ccc(Nc2nc(CSc3cccc[n+]3[O-])cs2)cc1. The van der Waals surface area contributed by atoms with E-state index < -0.39 is 0 Å². The highest BCUT2D eigenvalue weighted by Gasteiger charge is 2.08. The number of rotatable bonds is 6. The number of nitrogens with one attached hydrogen (secondary N) is 1. The number of methoxy groups -OCH3 is 1. The van der Waals surface area contributed by atoms with Gasteiger partial charge in [-0.3, -0.25) is 0 Å². The Labute approximate surface area is 142 Å². The molecule has 1 N–H and O–H groups in total. The molecule has 118 valence electrons. The largest absolute Gasteiger partial charge is 0.618 e. The molecule has 5 nitrogen and oxygen atoms in total. The van der Waals surface area contributed by atoms with Crippen molar-refractivity contribution in [3.05, 3.63) is 64.9 Å². The van der Waals surface area contributed by atoms with Crippen LogP contribution in [0.1, 0.15) is 5.69 Å². The van der Waals surface area contributed by atoms with Crippen molar-refractivity contribution in [2.75, 3.05) is 12.4 Å². The molecule has 7 heteroatoms. The molecule has 0 radical (unpaired) electrons. The lowest BCUT2D eigenvalue weighted by Gasteiger charge is -2.04. The van der Waals surface area contributed by atoms with Gasteiger partial charge >= 0.3 is 0 Å². The molecule has 2 heterocycles. The Kier molecular flexibility index (Phi) is 4.99. The summed E-state index contributed by atoms with van der Waals surface area (Å²) in [5, 5.41) is 18.4. The Hall–Kier alpha value is -2.25. The molecule has 3 aromatic rings. The predicted octanol–water partition coefficient (Wildman–Crippen LogP) is 3.82. The van der Waals surface area contributed by atoms with Gasteiger partial charge in [-0.05, 0) is 42.1 Å². The Balaban J connectivity index is 1.60. The van der Waals surface area contributed by atoms with Crippen LogP contribution < -0.4 is 14.8 Å². The van der Waals surface area contributed by atoms with E-state index in [1.807, 2.05) is 35.7 Å². The summed E-state index contributed by atoms with van der Waals surface area (Å²) in [5.74, 6) is 1.48. The molecule has 2 aromatic heterocycles. The second-order valence-corrected chi connectivity index (χ2v) is 6.50. The predicted molar refractivity (Wildman–Crippen MR) is 93.4 cm³/mol. The summed E-state index contributed by atoms with van der Waals surface area (Å²) in [6.07, 6.45) is 1.50. The smallest absolute Gasteiger partial charge is 0.251 e. The van der Waals surface area contributed by atoms with Gasteiger partial charge in [0.25, 0.3) is 5.03 Å². The average molecular weight is 345 g/mol. The van der Waals surface area contributed by atoms with Crippen LogP contribution >= 0.6 is 23.1 Å². The van der Waals surface area contributed by atoms with Gasteiger partial charge in [0.05, 0.1) is 12.8 Å². The van der Waals surface area contributed by atoms with Crippen molar-refractivity contribution >= 4 is 33.9 Å². The first-order chi connectivity index (χ1) is 11.2. The Morgan fingerprint density at radius 2 is 2.09 bits per heavy atom. The lowest BCUT2D eigenvalue weighted by atomic mass is 10.3. The summed E-state index contributed by atoms with van der Waals surface area (Å²) in [6, 6.07) is 13.1. The molecule has 0 bridgehead atoms. The number of aromatic nitrogens is 2. The minimum atomic E-state index is 0.660. The van der Waals surface area contributed by atoms with Crippen molar-refractivity contribution in [3.63, 3.8) is 0 Å². The van der Waals surface area contributed by atoms with Gasteiger partial charge in [0.1, 0.15) is 5.75 Å². The van der Waals surface area contributed by atoms with Gasteiger partial charge in [0.15, 0.2) is 11.3 Å². The third kappa shape index (κ3) is 4.14. The molecule has 3 rings (SSSR count). The maximum absolute atomic E-state index is 11.6. The molecule has 0 saturated carbocycles.